The highest BCUT2D eigenvalue weighted by Gasteiger charge is 1.99. The summed E-state index contributed by atoms with van der Waals surface area (Å²) in [5.41, 5.74) is 3.05. The maximum atomic E-state index is 4.98. The van der Waals surface area contributed by atoms with Crippen molar-refractivity contribution in [2.45, 2.75) is 26.3 Å². The third-order valence-corrected chi connectivity index (χ3v) is 3.02. The Morgan fingerprint density at radius 3 is 3.00 bits per heavy atom. The molecule has 0 aliphatic rings. The first kappa shape index (κ1) is 11.6. The fourth-order valence-corrected chi connectivity index (χ4v) is 1.94. The van der Waals surface area contributed by atoms with Crippen LogP contribution >= 0.6 is 11.3 Å². The summed E-state index contributed by atoms with van der Waals surface area (Å²) in [6.45, 7) is 4.92. The van der Waals surface area contributed by atoms with E-state index in [0.717, 1.165) is 31.8 Å². The summed E-state index contributed by atoms with van der Waals surface area (Å²) in [6.07, 6.45) is 2.30. The predicted octanol–water partition coefficient (Wildman–Crippen LogP) is 1.97. The van der Waals surface area contributed by atoms with Crippen LogP contribution in [0.2, 0.25) is 0 Å². The van der Waals surface area contributed by atoms with Gasteiger partial charge in [-0.1, -0.05) is 0 Å². The van der Waals surface area contributed by atoms with E-state index in [0.29, 0.717) is 0 Å². The molecule has 0 aromatic carbocycles. The van der Waals surface area contributed by atoms with E-state index < -0.39 is 0 Å². The van der Waals surface area contributed by atoms with Gasteiger partial charge in [-0.05, 0) is 26.3 Å². The van der Waals surface area contributed by atoms with E-state index in [2.05, 4.69) is 17.2 Å². The smallest absolute Gasteiger partial charge is 0.0798 e. The van der Waals surface area contributed by atoms with Crippen molar-refractivity contribution >= 4 is 11.3 Å². The van der Waals surface area contributed by atoms with Crippen LogP contribution in [0.1, 0.15) is 23.4 Å². The Labute approximate surface area is 89.5 Å². The molecule has 1 heterocycles. The van der Waals surface area contributed by atoms with E-state index in [-0.39, 0.29) is 0 Å². The Bertz CT molecular complexity index is 250. The predicted molar refractivity (Wildman–Crippen MR) is 59.7 cm³/mol. The van der Waals surface area contributed by atoms with Crippen molar-refractivity contribution < 1.29 is 4.74 Å². The van der Waals surface area contributed by atoms with Gasteiger partial charge < -0.3 is 10.1 Å². The van der Waals surface area contributed by atoms with Crippen LogP contribution in [0.4, 0.5) is 0 Å². The average molecular weight is 214 g/mol. The lowest BCUT2D eigenvalue weighted by Crippen LogP contribution is -2.14. The fourth-order valence-electron chi connectivity index (χ4n) is 1.19. The molecule has 0 radical (unpaired) electrons. The van der Waals surface area contributed by atoms with Crippen molar-refractivity contribution in [3.05, 3.63) is 16.1 Å². The third kappa shape index (κ3) is 4.17. The number of unbranched alkanes of at least 4 members (excludes halogenated alkanes) is 1. The highest BCUT2D eigenvalue weighted by molar-refractivity contribution is 7.09. The van der Waals surface area contributed by atoms with E-state index in [1.54, 1.807) is 18.4 Å². The molecule has 1 N–H and O–H groups in total. The van der Waals surface area contributed by atoms with E-state index in [1.165, 1.54) is 11.3 Å². The van der Waals surface area contributed by atoms with Crippen molar-refractivity contribution in [1.82, 2.24) is 10.3 Å². The molecule has 0 bridgehead atoms. The highest BCUT2D eigenvalue weighted by Crippen LogP contribution is 2.10. The highest BCUT2D eigenvalue weighted by atomic mass is 32.1. The molecular weight excluding hydrogens is 196 g/mol. The summed E-state index contributed by atoms with van der Waals surface area (Å²) in [5.74, 6) is 0. The van der Waals surface area contributed by atoms with E-state index in [9.17, 15) is 0 Å². The van der Waals surface area contributed by atoms with Crippen molar-refractivity contribution in [3.63, 3.8) is 0 Å². The Balaban J connectivity index is 2.02. The molecule has 0 saturated heterocycles. The number of ether oxygens (including phenoxy) is 1. The molecule has 0 unspecified atom stereocenters. The quantitative estimate of drug-likeness (QED) is 0.705. The van der Waals surface area contributed by atoms with E-state index >= 15 is 0 Å². The van der Waals surface area contributed by atoms with E-state index in [4.69, 9.17) is 4.74 Å². The second-order valence-corrected chi connectivity index (χ2v) is 4.18. The summed E-state index contributed by atoms with van der Waals surface area (Å²) in [5, 5.41) is 3.40. The Kier molecular flexibility index (Phi) is 5.75. The molecule has 0 aliphatic heterocycles. The molecule has 3 nitrogen and oxygen atoms in total. The number of aromatic nitrogens is 1. The molecule has 14 heavy (non-hydrogen) atoms. The second-order valence-electron chi connectivity index (χ2n) is 3.24. The number of hydrogen-bond donors (Lipinski definition) is 1. The summed E-state index contributed by atoms with van der Waals surface area (Å²) in [4.78, 5) is 5.55. The van der Waals surface area contributed by atoms with Gasteiger partial charge in [-0.25, -0.2) is 4.98 Å². The number of thiazole rings is 1. The van der Waals surface area contributed by atoms with Crippen LogP contribution in [0.5, 0.6) is 0 Å². The molecule has 0 fully saturated rings. The molecule has 1 aromatic heterocycles. The van der Waals surface area contributed by atoms with Crippen LogP contribution in [0, 0.1) is 6.92 Å². The second kappa shape index (κ2) is 6.92. The maximum Gasteiger partial charge on any atom is 0.0798 e. The molecule has 0 saturated carbocycles. The van der Waals surface area contributed by atoms with Gasteiger partial charge in [0.2, 0.25) is 0 Å². The number of hydrogen-bond acceptors (Lipinski definition) is 4. The van der Waals surface area contributed by atoms with Gasteiger partial charge in [0.05, 0.1) is 11.2 Å². The third-order valence-electron chi connectivity index (χ3n) is 2.08. The van der Waals surface area contributed by atoms with Crippen LogP contribution in [-0.2, 0) is 11.3 Å². The fraction of sp³-hybridized carbons (Fsp3) is 0.700. The Morgan fingerprint density at radius 2 is 2.36 bits per heavy atom. The average Bonchev–Trinajstić information content (AvgIpc) is 2.58. The standard InChI is InChI=1S/C10H18N2OS/c1-9-10(14-8-12-9)7-11-5-3-4-6-13-2/h8,11H,3-7H2,1-2H3. The molecular formula is C10H18N2OS. The van der Waals surface area contributed by atoms with Crippen LogP contribution in [-0.4, -0.2) is 25.2 Å². The van der Waals surface area contributed by atoms with Crippen LogP contribution in [0.25, 0.3) is 0 Å². The number of methoxy groups -OCH3 is 1. The van der Waals surface area contributed by atoms with Crippen LogP contribution in [0.15, 0.2) is 5.51 Å². The van der Waals surface area contributed by atoms with Crippen molar-refractivity contribution in [2.75, 3.05) is 20.3 Å². The Morgan fingerprint density at radius 1 is 1.50 bits per heavy atom. The molecule has 1 rings (SSSR count). The van der Waals surface area contributed by atoms with Crippen LogP contribution in [0.3, 0.4) is 0 Å². The Hall–Kier alpha value is -0.450. The first-order chi connectivity index (χ1) is 6.84. The monoisotopic (exact) mass is 214 g/mol. The van der Waals surface area contributed by atoms with Crippen molar-refractivity contribution in [1.29, 1.82) is 0 Å². The molecule has 0 spiro atoms. The zero-order valence-electron chi connectivity index (χ0n) is 8.88. The van der Waals surface area contributed by atoms with Gasteiger partial charge in [0.15, 0.2) is 0 Å². The molecule has 1 aromatic rings. The van der Waals surface area contributed by atoms with E-state index in [1.807, 2.05) is 5.51 Å². The normalized spacial score (nSPS) is 10.7. The van der Waals surface area contributed by atoms with Gasteiger partial charge in [0.1, 0.15) is 0 Å². The topological polar surface area (TPSA) is 34.1 Å². The lowest BCUT2D eigenvalue weighted by Gasteiger charge is -2.03. The zero-order chi connectivity index (χ0) is 10.2. The summed E-state index contributed by atoms with van der Waals surface area (Å²) in [7, 11) is 1.74. The SMILES string of the molecule is COCCCCNCc1scnc1C. The first-order valence-electron chi connectivity index (χ1n) is 4.93. The van der Waals surface area contributed by atoms with Gasteiger partial charge in [0.25, 0.3) is 0 Å². The largest absolute Gasteiger partial charge is 0.385 e. The van der Waals surface area contributed by atoms with Gasteiger partial charge in [0, 0.05) is 25.1 Å². The molecule has 0 amide bonds. The molecule has 80 valence electrons. The minimum atomic E-state index is 0.862. The summed E-state index contributed by atoms with van der Waals surface area (Å²) >= 11 is 1.72. The molecule has 0 aliphatic carbocycles. The van der Waals surface area contributed by atoms with Gasteiger partial charge in [-0.2, -0.15) is 0 Å². The van der Waals surface area contributed by atoms with Crippen molar-refractivity contribution in [2.24, 2.45) is 0 Å². The summed E-state index contributed by atoms with van der Waals surface area (Å²) < 4.78 is 4.98. The number of rotatable bonds is 7. The lowest BCUT2D eigenvalue weighted by atomic mass is 10.3. The molecule has 4 heteroatoms. The molecule has 0 atom stereocenters. The minimum absolute atomic E-state index is 0.862. The minimum Gasteiger partial charge on any atom is -0.385 e. The van der Waals surface area contributed by atoms with Crippen molar-refractivity contribution in [3.8, 4) is 0 Å². The van der Waals surface area contributed by atoms with Gasteiger partial charge in [-0.15, -0.1) is 11.3 Å². The zero-order valence-corrected chi connectivity index (χ0v) is 9.69. The first-order valence-corrected chi connectivity index (χ1v) is 5.81. The number of aryl methyl sites for hydroxylation is 1. The number of nitrogens with one attached hydrogen (secondary N) is 1. The van der Waals surface area contributed by atoms with Gasteiger partial charge in [-0.3, -0.25) is 0 Å². The number of nitrogens with zero attached hydrogens (tertiary/aromatic N) is 1. The summed E-state index contributed by atoms with van der Waals surface area (Å²) in [6, 6.07) is 0. The van der Waals surface area contributed by atoms with Crippen LogP contribution < -0.4 is 5.32 Å². The maximum absolute atomic E-state index is 4.98. The lowest BCUT2D eigenvalue weighted by molar-refractivity contribution is 0.192. The van der Waals surface area contributed by atoms with Gasteiger partial charge >= 0.3 is 0 Å².